The minimum atomic E-state index is -0.550. The number of methoxy groups -OCH3 is 2. The zero-order valence-electron chi connectivity index (χ0n) is 16.0. The Hall–Kier alpha value is -2.97. The van der Waals surface area contributed by atoms with Crippen molar-refractivity contribution in [3.8, 4) is 5.75 Å². The fourth-order valence-corrected chi connectivity index (χ4v) is 5.16. The molecule has 1 aliphatic heterocycles. The van der Waals surface area contributed by atoms with Crippen molar-refractivity contribution in [1.82, 2.24) is 4.57 Å². The first-order chi connectivity index (χ1) is 14.0. The fourth-order valence-electron chi connectivity index (χ4n) is 3.29. The molecule has 2 aromatic heterocycles. The number of nitrogens with zero attached hydrogens (tertiary/aromatic N) is 2. The van der Waals surface area contributed by atoms with Crippen LogP contribution in [0.1, 0.15) is 23.4 Å². The number of hydrogen-bond donors (Lipinski definition) is 0. The second kappa shape index (κ2) is 7.81. The Balaban J connectivity index is 1.95. The number of fused-ring (bicyclic) bond motifs is 1. The summed E-state index contributed by atoms with van der Waals surface area (Å²) in [7, 11) is 2.94. The monoisotopic (exact) mass is 426 g/mol. The molecule has 0 amide bonds. The van der Waals surface area contributed by atoms with Gasteiger partial charge < -0.3 is 9.47 Å². The second-order valence-corrected chi connectivity index (χ2v) is 8.35. The van der Waals surface area contributed by atoms with Gasteiger partial charge in [-0.25, -0.2) is 9.79 Å². The van der Waals surface area contributed by atoms with E-state index < -0.39 is 12.0 Å². The normalized spacial score (nSPS) is 16.4. The number of hydrogen-bond acceptors (Lipinski definition) is 7. The maximum atomic E-state index is 13.3. The molecule has 0 unspecified atom stereocenters. The third kappa shape index (κ3) is 3.45. The van der Waals surface area contributed by atoms with Crippen molar-refractivity contribution in [1.29, 1.82) is 0 Å². The second-order valence-electron chi connectivity index (χ2n) is 6.37. The molecule has 4 rings (SSSR count). The van der Waals surface area contributed by atoms with Crippen molar-refractivity contribution >= 4 is 34.7 Å². The van der Waals surface area contributed by atoms with Crippen molar-refractivity contribution < 1.29 is 14.3 Å². The van der Waals surface area contributed by atoms with E-state index in [1.807, 2.05) is 47.9 Å². The van der Waals surface area contributed by atoms with E-state index in [4.69, 9.17) is 9.47 Å². The molecule has 3 aromatic rings. The Morgan fingerprint density at radius 1 is 1.24 bits per heavy atom. The zero-order valence-corrected chi connectivity index (χ0v) is 17.7. The summed E-state index contributed by atoms with van der Waals surface area (Å²) in [5.74, 6) is 0.235. The highest BCUT2D eigenvalue weighted by molar-refractivity contribution is 7.10. The first-order valence-corrected chi connectivity index (χ1v) is 10.5. The summed E-state index contributed by atoms with van der Waals surface area (Å²) in [6, 6.07) is 10.7. The molecule has 0 N–H and O–H groups in total. The van der Waals surface area contributed by atoms with Gasteiger partial charge in [-0.2, -0.15) is 0 Å². The van der Waals surface area contributed by atoms with Gasteiger partial charge >= 0.3 is 5.97 Å². The van der Waals surface area contributed by atoms with E-state index in [-0.39, 0.29) is 5.56 Å². The average Bonchev–Trinajstić information content (AvgIpc) is 3.35. The Morgan fingerprint density at radius 3 is 2.76 bits per heavy atom. The number of thiazole rings is 1. The van der Waals surface area contributed by atoms with E-state index in [9.17, 15) is 9.59 Å². The number of carbonyl (C=O) groups excluding carboxylic acids is 1. The van der Waals surface area contributed by atoms with E-state index in [1.54, 1.807) is 18.6 Å². The van der Waals surface area contributed by atoms with Gasteiger partial charge in [0, 0.05) is 4.88 Å². The van der Waals surface area contributed by atoms with Gasteiger partial charge in [-0.15, -0.1) is 11.3 Å². The van der Waals surface area contributed by atoms with E-state index in [2.05, 4.69) is 4.99 Å². The number of benzene rings is 1. The predicted molar refractivity (Wildman–Crippen MR) is 113 cm³/mol. The molecule has 6 nitrogen and oxygen atoms in total. The van der Waals surface area contributed by atoms with Crippen LogP contribution in [0.5, 0.6) is 5.75 Å². The molecule has 1 aliphatic rings. The zero-order chi connectivity index (χ0) is 20.5. The largest absolute Gasteiger partial charge is 0.497 e. The highest BCUT2D eigenvalue weighted by atomic mass is 32.1. The molecule has 0 aliphatic carbocycles. The SMILES string of the molecule is COC(=O)C1=C(C)N=c2s/c(=C\c3cccc(OC)c3)c(=O)n2[C@H]1c1cccs1. The molecule has 29 heavy (non-hydrogen) atoms. The lowest BCUT2D eigenvalue weighted by Gasteiger charge is -2.22. The summed E-state index contributed by atoms with van der Waals surface area (Å²) < 4.78 is 12.4. The topological polar surface area (TPSA) is 69.9 Å². The summed E-state index contributed by atoms with van der Waals surface area (Å²) in [4.78, 5) is 31.8. The van der Waals surface area contributed by atoms with Crippen molar-refractivity contribution in [3.05, 3.63) is 83.2 Å². The molecule has 1 atom stereocenters. The van der Waals surface area contributed by atoms with Crippen LogP contribution in [0.15, 0.2) is 62.8 Å². The van der Waals surface area contributed by atoms with Crippen LogP contribution in [-0.4, -0.2) is 24.8 Å². The molecular formula is C21H18N2O4S2. The minimum absolute atomic E-state index is 0.191. The molecule has 0 radical (unpaired) electrons. The molecule has 0 spiro atoms. The van der Waals surface area contributed by atoms with E-state index in [1.165, 1.54) is 29.8 Å². The molecule has 3 heterocycles. The number of allylic oxidation sites excluding steroid dienone is 1. The number of carbonyl (C=O) groups is 1. The van der Waals surface area contributed by atoms with Gasteiger partial charge in [-0.3, -0.25) is 9.36 Å². The molecule has 0 fully saturated rings. The molecule has 8 heteroatoms. The first-order valence-electron chi connectivity index (χ1n) is 8.82. The van der Waals surface area contributed by atoms with Crippen LogP contribution in [0.2, 0.25) is 0 Å². The van der Waals surface area contributed by atoms with Gasteiger partial charge in [0.1, 0.15) is 11.8 Å². The standard InChI is InChI=1S/C21H18N2O4S2/c1-12-17(20(25)27-3)18(15-8-5-9-28-15)23-19(24)16(29-21(23)22-12)11-13-6-4-7-14(10-13)26-2/h4-11,18H,1-3H3/b16-11-/t18-/m0/s1. The lowest BCUT2D eigenvalue weighted by atomic mass is 10.0. The number of aromatic nitrogens is 1. The minimum Gasteiger partial charge on any atom is -0.497 e. The van der Waals surface area contributed by atoms with Crippen LogP contribution in [0.4, 0.5) is 0 Å². The maximum absolute atomic E-state index is 13.3. The molecule has 0 bridgehead atoms. The Labute approximate surface area is 174 Å². The van der Waals surface area contributed by atoms with E-state index >= 15 is 0 Å². The molecule has 0 saturated heterocycles. The summed E-state index contributed by atoms with van der Waals surface area (Å²) in [5, 5.41) is 1.92. The number of thiophene rings is 1. The summed E-state index contributed by atoms with van der Waals surface area (Å²) in [6.45, 7) is 1.77. The maximum Gasteiger partial charge on any atom is 0.338 e. The van der Waals surface area contributed by atoms with E-state index in [0.717, 1.165) is 10.4 Å². The van der Waals surface area contributed by atoms with Gasteiger partial charge in [-0.05, 0) is 42.1 Å². The molecule has 1 aromatic carbocycles. The van der Waals surface area contributed by atoms with Crippen LogP contribution >= 0.6 is 22.7 Å². The van der Waals surface area contributed by atoms with Crippen molar-refractivity contribution in [3.63, 3.8) is 0 Å². The van der Waals surface area contributed by atoms with Crippen LogP contribution in [0.3, 0.4) is 0 Å². The van der Waals surface area contributed by atoms with Crippen LogP contribution in [0, 0.1) is 0 Å². The smallest absolute Gasteiger partial charge is 0.338 e. The predicted octanol–water partition coefficient (Wildman–Crippen LogP) is 2.48. The number of ether oxygens (including phenoxy) is 2. The number of rotatable bonds is 4. The first kappa shape index (κ1) is 19.4. The van der Waals surface area contributed by atoms with Gasteiger partial charge in [0.05, 0.1) is 30.0 Å². The summed E-state index contributed by atoms with van der Waals surface area (Å²) in [5.41, 5.74) is 1.61. The number of esters is 1. The van der Waals surface area contributed by atoms with Gasteiger partial charge in [-0.1, -0.05) is 29.5 Å². The summed E-state index contributed by atoms with van der Waals surface area (Å²) in [6.07, 6.45) is 1.81. The quantitative estimate of drug-likeness (QED) is 0.601. The fraction of sp³-hybridized carbons (Fsp3) is 0.190. The van der Waals surface area contributed by atoms with Gasteiger partial charge in [0.25, 0.3) is 5.56 Å². The molecule has 0 saturated carbocycles. The van der Waals surface area contributed by atoms with Crippen LogP contribution in [-0.2, 0) is 9.53 Å². The van der Waals surface area contributed by atoms with Gasteiger partial charge in [0.2, 0.25) is 0 Å². The molecular weight excluding hydrogens is 408 g/mol. The third-order valence-corrected chi connectivity index (χ3v) is 6.54. The van der Waals surface area contributed by atoms with Crippen LogP contribution < -0.4 is 19.6 Å². The third-order valence-electron chi connectivity index (χ3n) is 4.63. The highest BCUT2D eigenvalue weighted by Crippen LogP contribution is 2.32. The van der Waals surface area contributed by atoms with Crippen molar-refractivity contribution in [2.24, 2.45) is 4.99 Å². The van der Waals surface area contributed by atoms with Crippen LogP contribution in [0.25, 0.3) is 6.08 Å². The lowest BCUT2D eigenvalue weighted by molar-refractivity contribution is -0.136. The molecule has 148 valence electrons. The Morgan fingerprint density at radius 2 is 2.07 bits per heavy atom. The van der Waals surface area contributed by atoms with Crippen molar-refractivity contribution in [2.45, 2.75) is 13.0 Å². The lowest BCUT2D eigenvalue weighted by Crippen LogP contribution is -2.39. The summed E-state index contributed by atoms with van der Waals surface area (Å²) >= 11 is 2.79. The van der Waals surface area contributed by atoms with Crippen molar-refractivity contribution in [2.75, 3.05) is 14.2 Å². The average molecular weight is 427 g/mol. The Bertz CT molecular complexity index is 1280. The van der Waals surface area contributed by atoms with E-state index in [0.29, 0.717) is 26.4 Å². The Kier molecular flexibility index (Phi) is 5.21. The van der Waals surface area contributed by atoms with Gasteiger partial charge in [0.15, 0.2) is 4.80 Å². The highest BCUT2D eigenvalue weighted by Gasteiger charge is 2.33.